The molecule has 1 aromatic rings. The molecule has 1 fully saturated rings. The van der Waals surface area contributed by atoms with Gasteiger partial charge in [-0.15, -0.1) is 22.9 Å². The van der Waals surface area contributed by atoms with Crippen LogP contribution in [0.5, 0.6) is 0 Å². The first-order valence-electron chi connectivity index (χ1n) is 4.16. The van der Waals surface area contributed by atoms with Crippen LogP contribution in [-0.4, -0.2) is 6.61 Å². The molecule has 0 radical (unpaired) electrons. The predicted molar refractivity (Wildman–Crippen MR) is 51.8 cm³/mol. The molecular formula is C9H11ClOS. The van der Waals surface area contributed by atoms with Crippen LogP contribution in [0.3, 0.4) is 0 Å². The molecule has 0 aromatic carbocycles. The molecule has 0 bridgehead atoms. The highest BCUT2D eigenvalue weighted by Crippen LogP contribution is 2.33. The molecule has 12 heavy (non-hydrogen) atoms. The first kappa shape index (κ1) is 8.54. The summed E-state index contributed by atoms with van der Waals surface area (Å²) in [6, 6.07) is 4.23. The number of thiophene rings is 1. The van der Waals surface area contributed by atoms with Gasteiger partial charge in [0.25, 0.3) is 0 Å². The van der Waals surface area contributed by atoms with Crippen LogP contribution in [0.4, 0.5) is 0 Å². The smallest absolute Gasteiger partial charge is 0.0917 e. The molecule has 1 atom stereocenters. The van der Waals surface area contributed by atoms with Gasteiger partial charge in [0.2, 0.25) is 0 Å². The van der Waals surface area contributed by atoms with Gasteiger partial charge in [-0.2, -0.15) is 0 Å². The number of hydrogen-bond acceptors (Lipinski definition) is 2. The number of rotatable bonds is 2. The molecule has 1 nitrogen and oxygen atoms in total. The van der Waals surface area contributed by atoms with Gasteiger partial charge in [-0.05, 0) is 25.0 Å². The molecule has 2 rings (SSSR count). The Labute approximate surface area is 81.3 Å². The zero-order valence-electron chi connectivity index (χ0n) is 6.75. The molecule has 0 saturated carbocycles. The van der Waals surface area contributed by atoms with E-state index in [2.05, 4.69) is 12.1 Å². The van der Waals surface area contributed by atoms with Crippen molar-refractivity contribution in [2.75, 3.05) is 6.61 Å². The molecule has 0 spiro atoms. The van der Waals surface area contributed by atoms with E-state index in [4.69, 9.17) is 16.3 Å². The second-order valence-electron chi connectivity index (χ2n) is 2.94. The molecule has 1 saturated heterocycles. The lowest BCUT2D eigenvalue weighted by molar-refractivity contribution is 0.114. The fourth-order valence-corrected chi connectivity index (χ4v) is 2.64. The van der Waals surface area contributed by atoms with E-state index >= 15 is 0 Å². The lowest BCUT2D eigenvalue weighted by Crippen LogP contribution is -1.90. The van der Waals surface area contributed by atoms with Gasteiger partial charge >= 0.3 is 0 Å². The van der Waals surface area contributed by atoms with Gasteiger partial charge in [0.1, 0.15) is 0 Å². The van der Waals surface area contributed by atoms with E-state index in [1.165, 1.54) is 22.6 Å². The molecule has 0 amide bonds. The average molecular weight is 203 g/mol. The number of ether oxygens (including phenoxy) is 1. The van der Waals surface area contributed by atoms with Crippen LogP contribution >= 0.6 is 22.9 Å². The molecule has 1 aliphatic heterocycles. The van der Waals surface area contributed by atoms with Gasteiger partial charge in [0.15, 0.2) is 0 Å². The molecule has 1 aliphatic rings. The van der Waals surface area contributed by atoms with Crippen LogP contribution in [0.25, 0.3) is 0 Å². The monoisotopic (exact) mass is 202 g/mol. The van der Waals surface area contributed by atoms with Gasteiger partial charge in [0.05, 0.1) is 12.0 Å². The second-order valence-corrected chi connectivity index (χ2v) is 4.41. The van der Waals surface area contributed by atoms with Crippen molar-refractivity contribution in [3.8, 4) is 0 Å². The first-order valence-corrected chi connectivity index (χ1v) is 5.51. The van der Waals surface area contributed by atoms with Crippen molar-refractivity contribution < 1.29 is 4.74 Å². The average Bonchev–Trinajstić information content (AvgIpc) is 2.75. The van der Waals surface area contributed by atoms with Crippen LogP contribution in [0.15, 0.2) is 12.1 Å². The highest BCUT2D eigenvalue weighted by Gasteiger charge is 2.18. The van der Waals surface area contributed by atoms with Crippen molar-refractivity contribution >= 4 is 22.9 Å². The van der Waals surface area contributed by atoms with Crippen molar-refractivity contribution in [1.82, 2.24) is 0 Å². The highest BCUT2D eigenvalue weighted by molar-refractivity contribution is 7.12. The summed E-state index contributed by atoms with van der Waals surface area (Å²) in [4.78, 5) is 2.57. The lowest BCUT2D eigenvalue weighted by atomic mass is 10.2. The molecule has 1 unspecified atom stereocenters. The normalized spacial score (nSPS) is 23.2. The summed E-state index contributed by atoms with van der Waals surface area (Å²) < 4.78 is 5.56. The van der Waals surface area contributed by atoms with Crippen LogP contribution in [0, 0.1) is 0 Å². The standard InChI is InChI=1S/C9H11ClOS/c10-6-7-3-4-9(12-7)8-2-1-5-11-8/h3-4,8H,1-2,5-6H2. The van der Waals surface area contributed by atoms with Gasteiger partial charge < -0.3 is 4.74 Å². The molecule has 66 valence electrons. The van der Waals surface area contributed by atoms with Crippen LogP contribution in [0.1, 0.15) is 28.7 Å². The van der Waals surface area contributed by atoms with Gasteiger partial charge in [-0.3, -0.25) is 0 Å². The Bertz CT molecular complexity index is 253. The van der Waals surface area contributed by atoms with Crippen LogP contribution < -0.4 is 0 Å². The van der Waals surface area contributed by atoms with Crippen molar-refractivity contribution in [3.05, 3.63) is 21.9 Å². The summed E-state index contributed by atoms with van der Waals surface area (Å²) in [5.41, 5.74) is 0. The summed E-state index contributed by atoms with van der Waals surface area (Å²) in [6.07, 6.45) is 2.72. The summed E-state index contributed by atoms with van der Waals surface area (Å²) in [6.45, 7) is 0.915. The third-order valence-corrected chi connectivity index (χ3v) is 3.68. The minimum Gasteiger partial charge on any atom is -0.373 e. The Kier molecular flexibility index (Phi) is 2.69. The Morgan fingerprint density at radius 3 is 3.08 bits per heavy atom. The zero-order chi connectivity index (χ0) is 8.39. The van der Waals surface area contributed by atoms with Crippen molar-refractivity contribution in [2.24, 2.45) is 0 Å². The maximum atomic E-state index is 5.72. The predicted octanol–water partition coefficient (Wildman–Crippen LogP) is 3.34. The van der Waals surface area contributed by atoms with E-state index in [0.717, 1.165) is 6.61 Å². The fourth-order valence-electron chi connectivity index (χ4n) is 1.44. The van der Waals surface area contributed by atoms with E-state index in [1.54, 1.807) is 11.3 Å². The van der Waals surface area contributed by atoms with Gasteiger partial charge in [0, 0.05) is 16.4 Å². The zero-order valence-corrected chi connectivity index (χ0v) is 8.33. The Hall–Kier alpha value is -0.0500. The maximum absolute atomic E-state index is 5.72. The summed E-state index contributed by atoms with van der Waals surface area (Å²) in [5, 5.41) is 0. The molecular weight excluding hydrogens is 192 g/mol. The number of hydrogen-bond donors (Lipinski definition) is 0. The SMILES string of the molecule is ClCc1ccc(C2CCCO2)s1. The quantitative estimate of drug-likeness (QED) is 0.669. The van der Waals surface area contributed by atoms with Crippen molar-refractivity contribution in [1.29, 1.82) is 0 Å². The maximum Gasteiger partial charge on any atom is 0.0917 e. The molecule has 0 N–H and O–H groups in total. The third kappa shape index (κ3) is 1.65. The van der Waals surface area contributed by atoms with E-state index in [0.29, 0.717) is 12.0 Å². The second kappa shape index (κ2) is 3.77. The molecule has 3 heteroatoms. The van der Waals surface area contributed by atoms with Crippen molar-refractivity contribution in [2.45, 2.75) is 24.8 Å². The summed E-state index contributed by atoms with van der Waals surface area (Å²) >= 11 is 7.49. The third-order valence-electron chi connectivity index (χ3n) is 2.06. The van der Waals surface area contributed by atoms with E-state index in [9.17, 15) is 0 Å². The minimum atomic E-state index is 0.354. The largest absolute Gasteiger partial charge is 0.373 e. The Morgan fingerprint density at radius 1 is 1.58 bits per heavy atom. The number of halogens is 1. The van der Waals surface area contributed by atoms with E-state index in [-0.39, 0.29) is 0 Å². The Morgan fingerprint density at radius 2 is 2.50 bits per heavy atom. The van der Waals surface area contributed by atoms with E-state index in [1.807, 2.05) is 0 Å². The minimum absolute atomic E-state index is 0.354. The number of alkyl halides is 1. The highest BCUT2D eigenvalue weighted by atomic mass is 35.5. The van der Waals surface area contributed by atoms with E-state index < -0.39 is 0 Å². The summed E-state index contributed by atoms with van der Waals surface area (Å²) in [5.74, 6) is 0.622. The molecule has 0 aliphatic carbocycles. The van der Waals surface area contributed by atoms with Gasteiger partial charge in [-0.25, -0.2) is 0 Å². The molecule has 2 heterocycles. The first-order chi connectivity index (χ1) is 5.90. The van der Waals surface area contributed by atoms with Crippen LogP contribution in [0.2, 0.25) is 0 Å². The molecule has 1 aromatic heterocycles. The lowest BCUT2D eigenvalue weighted by Gasteiger charge is -2.04. The topological polar surface area (TPSA) is 9.23 Å². The van der Waals surface area contributed by atoms with Gasteiger partial charge in [-0.1, -0.05) is 0 Å². The van der Waals surface area contributed by atoms with Crippen LogP contribution in [-0.2, 0) is 10.6 Å². The van der Waals surface area contributed by atoms with Crippen molar-refractivity contribution in [3.63, 3.8) is 0 Å². The fraction of sp³-hybridized carbons (Fsp3) is 0.556. The Balaban J connectivity index is 2.11. The summed E-state index contributed by atoms with van der Waals surface area (Å²) in [7, 11) is 0.